The summed E-state index contributed by atoms with van der Waals surface area (Å²) >= 11 is 0. The van der Waals surface area contributed by atoms with Gasteiger partial charge in [-0.05, 0) is 47.9 Å². The van der Waals surface area contributed by atoms with Gasteiger partial charge in [0.1, 0.15) is 12.7 Å². The summed E-state index contributed by atoms with van der Waals surface area (Å²) in [5.74, 6) is 0. The highest BCUT2D eigenvalue weighted by Gasteiger charge is 2.31. The molecule has 0 spiro atoms. The van der Waals surface area contributed by atoms with E-state index >= 15 is 0 Å². The molecule has 0 aliphatic heterocycles. The van der Waals surface area contributed by atoms with E-state index in [4.69, 9.17) is 30.6 Å². The van der Waals surface area contributed by atoms with Gasteiger partial charge in [0, 0.05) is 11.6 Å². The Hall–Kier alpha value is -4.82. The van der Waals surface area contributed by atoms with Gasteiger partial charge in [0.05, 0.1) is 17.1 Å². The van der Waals surface area contributed by atoms with E-state index in [1.54, 1.807) is 16.9 Å². The molecule has 0 radical (unpaired) electrons. The normalized spacial score (nSPS) is 11.4. The van der Waals surface area contributed by atoms with Crippen molar-refractivity contribution in [2.75, 3.05) is 0 Å². The van der Waals surface area contributed by atoms with Crippen molar-refractivity contribution >= 4 is 10.9 Å². The summed E-state index contributed by atoms with van der Waals surface area (Å²) < 4.78 is 41.0. The number of halogens is 3. The molecule has 0 saturated heterocycles. The maximum atomic E-state index is 13.1. The van der Waals surface area contributed by atoms with Crippen LogP contribution in [-0.2, 0) is 12.6 Å². The molecule has 184 valence electrons. The molecular formula is C20H17F3N6O6. The van der Waals surface area contributed by atoms with Gasteiger partial charge in [0.25, 0.3) is 10.2 Å². The summed E-state index contributed by atoms with van der Waals surface area (Å²) in [6.45, 7) is 0. The van der Waals surface area contributed by atoms with Crippen LogP contribution in [0.5, 0.6) is 0 Å². The lowest BCUT2D eigenvalue weighted by Gasteiger charge is -2.19. The Morgan fingerprint density at radius 3 is 2.29 bits per heavy atom. The lowest BCUT2D eigenvalue weighted by Crippen LogP contribution is -2.15. The van der Waals surface area contributed by atoms with E-state index in [0.29, 0.717) is 12.0 Å². The predicted molar refractivity (Wildman–Crippen MR) is 113 cm³/mol. The van der Waals surface area contributed by atoms with Gasteiger partial charge in [-0.3, -0.25) is 4.98 Å². The van der Waals surface area contributed by atoms with Crippen LogP contribution in [0.4, 0.5) is 13.2 Å². The second-order valence-corrected chi connectivity index (χ2v) is 6.72. The number of nitrogens with zero attached hydrogens (tertiary/aromatic N) is 6. The summed E-state index contributed by atoms with van der Waals surface area (Å²) in [5.41, 5.74) is 1.71. The average molecular weight is 494 g/mol. The molecule has 2 aromatic carbocycles. The molecule has 12 nitrogen and oxygen atoms in total. The summed E-state index contributed by atoms with van der Waals surface area (Å²) in [6.07, 6.45) is 0.717. The molecule has 0 amide bonds. The van der Waals surface area contributed by atoms with Gasteiger partial charge in [-0.15, -0.1) is 20.2 Å². The third kappa shape index (κ3) is 8.56. The molecule has 0 aliphatic rings. The maximum Gasteiger partial charge on any atom is 0.416 e. The lowest BCUT2D eigenvalue weighted by molar-refractivity contribution is -0.742. The number of alkyl halides is 3. The second-order valence-electron chi connectivity index (χ2n) is 6.72. The first-order valence-electron chi connectivity index (χ1n) is 9.49. The van der Waals surface area contributed by atoms with Crippen molar-refractivity contribution in [1.29, 1.82) is 0 Å². The predicted octanol–water partition coefficient (Wildman–Crippen LogP) is 3.98. The molecule has 2 aromatic heterocycles. The maximum absolute atomic E-state index is 13.1. The van der Waals surface area contributed by atoms with Crippen LogP contribution in [0, 0.1) is 20.2 Å². The molecular weight excluding hydrogens is 477 g/mol. The zero-order valence-corrected chi connectivity index (χ0v) is 17.6. The van der Waals surface area contributed by atoms with Gasteiger partial charge in [0.2, 0.25) is 0 Å². The number of rotatable bonds is 4. The number of hydrogen-bond donors (Lipinski definition) is 2. The first-order valence-corrected chi connectivity index (χ1v) is 9.49. The summed E-state index contributed by atoms with van der Waals surface area (Å²) in [5, 5.41) is 32.4. The Balaban J connectivity index is 0.000000473. The van der Waals surface area contributed by atoms with Crippen LogP contribution < -0.4 is 0 Å². The Labute approximate surface area is 194 Å². The lowest BCUT2D eigenvalue weighted by atomic mass is 9.96. The molecule has 0 bridgehead atoms. The van der Waals surface area contributed by atoms with Crippen LogP contribution >= 0.6 is 0 Å². The number of aromatic nitrogens is 4. The SMILES string of the molecule is FC(F)(F)c1cccc(C(Cc2ccc3ncccc3c2)n2cncn2)c1.O=[N+]([O-])O.O=[N+]([O-])O. The summed E-state index contributed by atoms with van der Waals surface area (Å²) in [6, 6.07) is 14.6. The van der Waals surface area contributed by atoms with Gasteiger partial charge in [-0.1, -0.05) is 24.3 Å². The van der Waals surface area contributed by atoms with E-state index in [-0.39, 0.29) is 0 Å². The Bertz CT molecular complexity index is 1250. The number of fused-ring (bicyclic) bond motifs is 1. The van der Waals surface area contributed by atoms with Crippen molar-refractivity contribution in [3.05, 3.63) is 110 Å². The van der Waals surface area contributed by atoms with Gasteiger partial charge >= 0.3 is 6.18 Å². The largest absolute Gasteiger partial charge is 0.416 e. The van der Waals surface area contributed by atoms with Gasteiger partial charge < -0.3 is 10.4 Å². The van der Waals surface area contributed by atoms with Crippen molar-refractivity contribution in [3.8, 4) is 0 Å². The fourth-order valence-electron chi connectivity index (χ4n) is 3.14. The molecule has 4 rings (SSSR count). The highest BCUT2D eigenvalue weighted by molar-refractivity contribution is 5.78. The molecule has 2 heterocycles. The third-order valence-electron chi connectivity index (χ3n) is 4.45. The topological polar surface area (TPSA) is 170 Å². The van der Waals surface area contributed by atoms with Crippen LogP contribution in [0.1, 0.15) is 22.7 Å². The average Bonchev–Trinajstić information content (AvgIpc) is 3.31. The van der Waals surface area contributed by atoms with Crippen molar-refractivity contribution < 1.29 is 33.8 Å². The molecule has 35 heavy (non-hydrogen) atoms. The highest BCUT2D eigenvalue weighted by Crippen LogP contribution is 2.32. The first-order chi connectivity index (χ1) is 16.5. The minimum atomic E-state index is -4.39. The summed E-state index contributed by atoms with van der Waals surface area (Å²) in [4.78, 5) is 25.0. The van der Waals surface area contributed by atoms with Crippen molar-refractivity contribution in [1.82, 2.24) is 19.7 Å². The molecule has 0 aliphatic carbocycles. The smallest absolute Gasteiger partial charge is 0.328 e. The molecule has 0 fully saturated rings. The van der Waals surface area contributed by atoms with E-state index in [1.165, 1.54) is 24.8 Å². The van der Waals surface area contributed by atoms with Gasteiger partial charge in [-0.25, -0.2) is 9.67 Å². The Kier molecular flexibility index (Phi) is 8.97. The van der Waals surface area contributed by atoms with E-state index in [0.717, 1.165) is 22.5 Å². The molecule has 15 heteroatoms. The first kappa shape index (κ1) is 26.4. The van der Waals surface area contributed by atoms with E-state index in [2.05, 4.69) is 15.1 Å². The number of benzene rings is 2. The zero-order chi connectivity index (χ0) is 26.0. The van der Waals surface area contributed by atoms with Crippen LogP contribution in [0.25, 0.3) is 10.9 Å². The van der Waals surface area contributed by atoms with Crippen LogP contribution in [-0.4, -0.2) is 40.3 Å². The highest BCUT2D eigenvalue weighted by atomic mass is 19.4. The quantitative estimate of drug-likeness (QED) is 0.314. The van der Waals surface area contributed by atoms with Crippen molar-refractivity contribution in [3.63, 3.8) is 0 Å². The van der Waals surface area contributed by atoms with Gasteiger partial charge in [0.15, 0.2) is 0 Å². The fourth-order valence-corrected chi connectivity index (χ4v) is 3.14. The van der Waals surface area contributed by atoms with Crippen molar-refractivity contribution in [2.24, 2.45) is 0 Å². The Morgan fingerprint density at radius 1 is 1.00 bits per heavy atom. The minimum Gasteiger partial charge on any atom is -0.328 e. The second kappa shape index (κ2) is 11.9. The fraction of sp³-hybridized carbons (Fsp3) is 0.150. The van der Waals surface area contributed by atoms with Crippen LogP contribution in [0.2, 0.25) is 0 Å². The minimum absolute atomic E-state index is 0.399. The monoisotopic (exact) mass is 494 g/mol. The van der Waals surface area contributed by atoms with E-state index in [1.807, 2.05) is 30.3 Å². The van der Waals surface area contributed by atoms with E-state index in [9.17, 15) is 13.2 Å². The number of hydrogen-bond acceptors (Lipinski definition) is 7. The molecule has 2 N–H and O–H groups in total. The molecule has 4 aromatic rings. The van der Waals surface area contributed by atoms with Gasteiger partial charge in [-0.2, -0.15) is 18.3 Å². The van der Waals surface area contributed by atoms with Crippen LogP contribution in [0.15, 0.2) is 73.4 Å². The third-order valence-corrected chi connectivity index (χ3v) is 4.45. The van der Waals surface area contributed by atoms with Crippen LogP contribution in [0.3, 0.4) is 0 Å². The summed E-state index contributed by atoms with van der Waals surface area (Å²) in [7, 11) is 0. The zero-order valence-electron chi connectivity index (χ0n) is 17.6. The number of pyridine rings is 1. The molecule has 1 unspecified atom stereocenters. The standard InChI is InChI=1S/C20H15F3N4.2HNO3/c21-20(22,23)17-5-1-3-16(11-17)19(27-13-24-12-26-27)10-14-6-7-18-15(9-14)4-2-8-25-18;2*2-1(3)4/h1-9,11-13,19H,10H2;2*(H,2,3,4). The molecule has 1 atom stereocenters. The van der Waals surface area contributed by atoms with Crippen molar-refractivity contribution in [2.45, 2.75) is 18.6 Å². The Morgan fingerprint density at radius 2 is 1.69 bits per heavy atom. The molecule has 0 saturated carbocycles. The van der Waals surface area contributed by atoms with E-state index < -0.39 is 28.0 Å².